The zero-order valence-electron chi connectivity index (χ0n) is 14.2. The third-order valence-corrected chi connectivity index (χ3v) is 4.18. The van der Waals surface area contributed by atoms with Gasteiger partial charge in [-0.05, 0) is 12.1 Å². The smallest absolute Gasteiger partial charge is 0.205 e. The van der Waals surface area contributed by atoms with Gasteiger partial charge in [-0.2, -0.15) is 5.26 Å². The standard InChI is InChI=1S/C19H18N2O4/c1-22-11-4-6-13(16(8-11)24-3)18-14-7-5-12(23-2)9-17(14)25-19(21)15(18)10-20/h4-9,18H,21H2,1-3H3. The molecule has 128 valence electrons. The maximum atomic E-state index is 9.63. The van der Waals surface area contributed by atoms with E-state index in [1.54, 1.807) is 33.5 Å². The van der Waals surface area contributed by atoms with Crippen molar-refractivity contribution < 1.29 is 18.9 Å². The molecule has 0 radical (unpaired) electrons. The minimum Gasteiger partial charge on any atom is -0.497 e. The fourth-order valence-corrected chi connectivity index (χ4v) is 2.94. The molecule has 25 heavy (non-hydrogen) atoms. The Hall–Kier alpha value is -3.33. The van der Waals surface area contributed by atoms with Crippen LogP contribution in [0.4, 0.5) is 0 Å². The van der Waals surface area contributed by atoms with Crippen LogP contribution in [-0.2, 0) is 0 Å². The number of nitrogens with zero attached hydrogens (tertiary/aromatic N) is 1. The minimum absolute atomic E-state index is 0.0751. The van der Waals surface area contributed by atoms with Gasteiger partial charge in [0.2, 0.25) is 5.88 Å². The molecule has 1 atom stereocenters. The fraction of sp³-hybridized carbons (Fsp3) is 0.211. The van der Waals surface area contributed by atoms with Crippen LogP contribution in [0, 0.1) is 11.3 Å². The average molecular weight is 338 g/mol. The monoisotopic (exact) mass is 338 g/mol. The summed E-state index contributed by atoms with van der Waals surface area (Å²) in [6.45, 7) is 0. The van der Waals surface area contributed by atoms with Crippen LogP contribution in [0.25, 0.3) is 0 Å². The number of methoxy groups -OCH3 is 3. The molecule has 2 N–H and O–H groups in total. The molecule has 0 bridgehead atoms. The van der Waals surface area contributed by atoms with Gasteiger partial charge in [-0.15, -0.1) is 0 Å². The molecule has 1 unspecified atom stereocenters. The van der Waals surface area contributed by atoms with Gasteiger partial charge >= 0.3 is 0 Å². The molecule has 0 aliphatic carbocycles. The number of rotatable bonds is 4. The molecule has 0 aromatic heterocycles. The number of nitriles is 1. The van der Waals surface area contributed by atoms with E-state index in [-0.39, 0.29) is 5.88 Å². The Morgan fingerprint density at radius 3 is 2.20 bits per heavy atom. The lowest BCUT2D eigenvalue weighted by molar-refractivity contribution is 0.375. The highest BCUT2D eigenvalue weighted by molar-refractivity contribution is 5.60. The van der Waals surface area contributed by atoms with Crippen molar-refractivity contribution in [2.24, 2.45) is 5.73 Å². The molecule has 0 spiro atoms. The Morgan fingerprint density at radius 2 is 1.60 bits per heavy atom. The van der Waals surface area contributed by atoms with Crippen molar-refractivity contribution in [3.05, 3.63) is 59.0 Å². The normalized spacial score (nSPS) is 15.7. The van der Waals surface area contributed by atoms with Crippen molar-refractivity contribution in [1.29, 1.82) is 5.26 Å². The maximum absolute atomic E-state index is 9.63. The van der Waals surface area contributed by atoms with Gasteiger partial charge in [0.25, 0.3) is 0 Å². The van der Waals surface area contributed by atoms with E-state index in [0.29, 0.717) is 28.6 Å². The molecule has 1 aliphatic rings. The molecule has 2 aromatic carbocycles. The first-order valence-electron chi connectivity index (χ1n) is 7.60. The van der Waals surface area contributed by atoms with Crippen molar-refractivity contribution in [2.75, 3.05) is 21.3 Å². The molecule has 2 aromatic rings. The zero-order valence-corrected chi connectivity index (χ0v) is 14.2. The number of fused-ring (bicyclic) bond motifs is 1. The van der Waals surface area contributed by atoms with Gasteiger partial charge in [-0.1, -0.05) is 12.1 Å². The summed E-state index contributed by atoms with van der Waals surface area (Å²) in [6, 6.07) is 13.1. The average Bonchev–Trinajstić information content (AvgIpc) is 2.65. The van der Waals surface area contributed by atoms with E-state index in [0.717, 1.165) is 11.1 Å². The van der Waals surface area contributed by atoms with Crippen molar-refractivity contribution in [3.8, 4) is 29.1 Å². The van der Waals surface area contributed by atoms with Gasteiger partial charge in [-0.3, -0.25) is 0 Å². The van der Waals surface area contributed by atoms with E-state index in [4.69, 9.17) is 24.7 Å². The molecule has 0 saturated heterocycles. The van der Waals surface area contributed by atoms with Crippen LogP contribution < -0.4 is 24.7 Å². The van der Waals surface area contributed by atoms with Crippen LogP contribution in [0.1, 0.15) is 17.0 Å². The summed E-state index contributed by atoms with van der Waals surface area (Å²) < 4.78 is 21.6. The van der Waals surface area contributed by atoms with E-state index in [1.807, 2.05) is 24.3 Å². The Labute approximate surface area is 146 Å². The highest BCUT2D eigenvalue weighted by Crippen LogP contribution is 2.46. The Bertz CT molecular complexity index is 883. The van der Waals surface area contributed by atoms with Crippen LogP contribution in [0.3, 0.4) is 0 Å². The van der Waals surface area contributed by atoms with E-state index in [2.05, 4.69) is 6.07 Å². The molecule has 6 nitrogen and oxygen atoms in total. The second kappa shape index (κ2) is 6.65. The predicted octanol–water partition coefficient (Wildman–Crippen LogP) is 2.93. The highest BCUT2D eigenvalue weighted by Gasteiger charge is 2.32. The van der Waals surface area contributed by atoms with Crippen LogP contribution in [0.2, 0.25) is 0 Å². The largest absolute Gasteiger partial charge is 0.497 e. The number of allylic oxidation sites excluding steroid dienone is 1. The third kappa shape index (κ3) is 2.81. The zero-order chi connectivity index (χ0) is 18.0. The molecule has 3 rings (SSSR count). The highest BCUT2D eigenvalue weighted by atomic mass is 16.5. The summed E-state index contributed by atoms with van der Waals surface area (Å²) in [6.07, 6.45) is 0. The quantitative estimate of drug-likeness (QED) is 0.922. The predicted molar refractivity (Wildman–Crippen MR) is 91.8 cm³/mol. The molecule has 0 saturated carbocycles. The van der Waals surface area contributed by atoms with Crippen LogP contribution in [0.5, 0.6) is 23.0 Å². The lowest BCUT2D eigenvalue weighted by Crippen LogP contribution is -2.21. The molecular weight excluding hydrogens is 320 g/mol. The summed E-state index contributed by atoms with van der Waals surface area (Å²) >= 11 is 0. The molecule has 0 fully saturated rings. The lowest BCUT2D eigenvalue weighted by Gasteiger charge is -2.27. The molecule has 0 amide bonds. The van der Waals surface area contributed by atoms with Gasteiger partial charge in [0, 0.05) is 23.3 Å². The Morgan fingerprint density at radius 1 is 0.960 bits per heavy atom. The summed E-state index contributed by atoms with van der Waals surface area (Å²) in [5.41, 5.74) is 7.95. The van der Waals surface area contributed by atoms with Gasteiger partial charge in [0.1, 0.15) is 34.6 Å². The first kappa shape index (κ1) is 16.5. The van der Waals surface area contributed by atoms with E-state index in [1.165, 1.54) is 0 Å². The van der Waals surface area contributed by atoms with Crippen molar-refractivity contribution in [1.82, 2.24) is 0 Å². The van der Waals surface area contributed by atoms with Gasteiger partial charge in [0.15, 0.2) is 0 Å². The number of hydrogen-bond acceptors (Lipinski definition) is 6. The summed E-state index contributed by atoms with van der Waals surface area (Å²) in [7, 11) is 4.74. The van der Waals surface area contributed by atoms with Crippen LogP contribution in [-0.4, -0.2) is 21.3 Å². The molecule has 1 aliphatic heterocycles. The van der Waals surface area contributed by atoms with Gasteiger partial charge < -0.3 is 24.7 Å². The number of nitrogens with two attached hydrogens (primary N) is 1. The summed E-state index contributed by atoms with van der Waals surface area (Å²) in [5.74, 6) is 2.14. The third-order valence-electron chi connectivity index (χ3n) is 4.18. The van der Waals surface area contributed by atoms with Crippen molar-refractivity contribution in [3.63, 3.8) is 0 Å². The summed E-state index contributed by atoms with van der Waals surface area (Å²) in [5, 5.41) is 9.63. The minimum atomic E-state index is -0.402. The topological polar surface area (TPSA) is 86.7 Å². The van der Waals surface area contributed by atoms with Crippen LogP contribution >= 0.6 is 0 Å². The summed E-state index contributed by atoms with van der Waals surface area (Å²) in [4.78, 5) is 0. The van der Waals surface area contributed by atoms with Crippen molar-refractivity contribution in [2.45, 2.75) is 5.92 Å². The van der Waals surface area contributed by atoms with Crippen molar-refractivity contribution >= 4 is 0 Å². The Kier molecular flexibility index (Phi) is 4.40. The van der Waals surface area contributed by atoms with Crippen LogP contribution in [0.15, 0.2) is 47.9 Å². The van der Waals surface area contributed by atoms with E-state index in [9.17, 15) is 5.26 Å². The van der Waals surface area contributed by atoms with E-state index < -0.39 is 5.92 Å². The number of hydrogen-bond donors (Lipinski definition) is 1. The number of ether oxygens (including phenoxy) is 4. The molecule has 6 heteroatoms. The number of benzene rings is 2. The lowest BCUT2D eigenvalue weighted by atomic mass is 9.83. The second-order valence-corrected chi connectivity index (χ2v) is 5.44. The maximum Gasteiger partial charge on any atom is 0.205 e. The first-order valence-corrected chi connectivity index (χ1v) is 7.60. The fourth-order valence-electron chi connectivity index (χ4n) is 2.94. The van der Waals surface area contributed by atoms with Gasteiger partial charge in [-0.25, -0.2) is 0 Å². The Balaban J connectivity index is 2.22. The first-order chi connectivity index (χ1) is 12.1. The second-order valence-electron chi connectivity index (χ2n) is 5.44. The molecular formula is C19H18N2O4. The molecule has 1 heterocycles. The van der Waals surface area contributed by atoms with E-state index >= 15 is 0 Å². The van der Waals surface area contributed by atoms with Gasteiger partial charge in [0.05, 0.1) is 27.2 Å². The SMILES string of the molecule is COc1ccc(C2C(C#N)=C(N)Oc3cc(OC)ccc32)c(OC)c1.